The number of hydrogen-bond donors (Lipinski definition) is 1. The van der Waals surface area contributed by atoms with Crippen molar-refractivity contribution in [3.05, 3.63) is 45.1 Å². The van der Waals surface area contributed by atoms with Gasteiger partial charge in [-0.1, -0.05) is 17.7 Å². The van der Waals surface area contributed by atoms with E-state index in [1.54, 1.807) is 14.2 Å². The zero-order chi connectivity index (χ0) is 15.5. The molecule has 1 heterocycles. The van der Waals surface area contributed by atoms with Crippen molar-refractivity contribution in [3.63, 3.8) is 0 Å². The normalized spacial score (nSPS) is 13.8. The summed E-state index contributed by atoms with van der Waals surface area (Å²) in [5.74, 6) is 1.36. The van der Waals surface area contributed by atoms with Crippen LogP contribution < -0.4 is 9.47 Å². The van der Waals surface area contributed by atoms with Gasteiger partial charge >= 0.3 is 0 Å². The second kappa shape index (κ2) is 6.69. The Morgan fingerprint density at radius 1 is 1.10 bits per heavy atom. The van der Waals surface area contributed by atoms with Gasteiger partial charge < -0.3 is 14.6 Å². The number of benzene rings is 1. The van der Waals surface area contributed by atoms with Crippen LogP contribution >= 0.6 is 22.9 Å². The summed E-state index contributed by atoms with van der Waals surface area (Å²) in [4.78, 5) is 1.07. The van der Waals surface area contributed by atoms with Crippen LogP contribution in [-0.4, -0.2) is 24.9 Å². The Hall–Kier alpha value is -1.23. The van der Waals surface area contributed by atoms with Gasteiger partial charge in [-0.25, -0.2) is 0 Å². The number of hydrogen-bond acceptors (Lipinski definition) is 4. The molecule has 2 aromatic rings. The van der Waals surface area contributed by atoms with Crippen molar-refractivity contribution >= 4 is 22.9 Å². The Morgan fingerprint density at radius 3 is 2.38 bits per heavy atom. The average molecular weight is 327 g/mol. The largest absolute Gasteiger partial charge is 0.493 e. The zero-order valence-electron chi connectivity index (χ0n) is 12.4. The molecule has 0 bridgehead atoms. The Bertz CT molecular complexity index is 607. The SMILES string of the molecule is COc1ccc(CC(C)(O)Cc2ccc(Cl)s2)cc1OC. The maximum Gasteiger partial charge on any atom is 0.160 e. The van der Waals surface area contributed by atoms with E-state index in [0.29, 0.717) is 24.3 Å². The molecular weight excluding hydrogens is 308 g/mol. The van der Waals surface area contributed by atoms with E-state index in [4.69, 9.17) is 21.1 Å². The van der Waals surface area contributed by atoms with Gasteiger partial charge in [-0.2, -0.15) is 0 Å². The third-order valence-corrected chi connectivity index (χ3v) is 4.45. The Labute approximate surface area is 134 Å². The smallest absolute Gasteiger partial charge is 0.160 e. The highest BCUT2D eigenvalue weighted by molar-refractivity contribution is 7.16. The molecule has 1 unspecified atom stereocenters. The summed E-state index contributed by atoms with van der Waals surface area (Å²) in [6.07, 6.45) is 1.10. The van der Waals surface area contributed by atoms with Crippen LogP contribution in [0.15, 0.2) is 30.3 Å². The second-order valence-electron chi connectivity index (χ2n) is 5.25. The van der Waals surface area contributed by atoms with Gasteiger partial charge in [0.2, 0.25) is 0 Å². The summed E-state index contributed by atoms with van der Waals surface area (Å²) in [5.41, 5.74) is 0.161. The quantitative estimate of drug-likeness (QED) is 0.873. The average Bonchev–Trinajstić information content (AvgIpc) is 2.82. The molecule has 0 aliphatic carbocycles. The first-order valence-corrected chi connectivity index (χ1v) is 7.80. The third kappa shape index (κ3) is 4.37. The van der Waals surface area contributed by atoms with Crippen molar-refractivity contribution in [3.8, 4) is 11.5 Å². The Morgan fingerprint density at radius 2 is 1.81 bits per heavy atom. The predicted molar refractivity (Wildman–Crippen MR) is 86.9 cm³/mol. The van der Waals surface area contributed by atoms with Crippen LogP contribution in [0.5, 0.6) is 11.5 Å². The van der Waals surface area contributed by atoms with Crippen LogP contribution in [0.3, 0.4) is 0 Å². The molecule has 1 aromatic carbocycles. The van der Waals surface area contributed by atoms with Crippen LogP contribution in [-0.2, 0) is 12.8 Å². The highest BCUT2D eigenvalue weighted by Gasteiger charge is 2.23. The van der Waals surface area contributed by atoms with E-state index < -0.39 is 5.60 Å². The van der Waals surface area contributed by atoms with Gasteiger partial charge in [-0.15, -0.1) is 11.3 Å². The summed E-state index contributed by atoms with van der Waals surface area (Å²) >= 11 is 7.43. The van der Waals surface area contributed by atoms with Gasteiger partial charge in [0.25, 0.3) is 0 Å². The molecule has 21 heavy (non-hydrogen) atoms. The van der Waals surface area contributed by atoms with Gasteiger partial charge in [0, 0.05) is 17.7 Å². The van der Waals surface area contributed by atoms with Gasteiger partial charge in [0.1, 0.15) is 0 Å². The van der Waals surface area contributed by atoms with Crippen LogP contribution in [0, 0.1) is 0 Å². The third-order valence-electron chi connectivity index (χ3n) is 3.22. The number of methoxy groups -OCH3 is 2. The molecule has 1 aromatic heterocycles. The number of thiophene rings is 1. The molecule has 3 nitrogen and oxygen atoms in total. The molecule has 0 aliphatic heterocycles. The minimum absolute atomic E-state index is 0.531. The molecule has 5 heteroatoms. The molecule has 2 rings (SSSR count). The second-order valence-corrected chi connectivity index (χ2v) is 7.05. The fraction of sp³-hybridized carbons (Fsp3) is 0.375. The van der Waals surface area contributed by atoms with Crippen LogP contribution in [0.2, 0.25) is 4.34 Å². The monoisotopic (exact) mass is 326 g/mol. The van der Waals surface area contributed by atoms with Gasteiger partial charge in [0.15, 0.2) is 11.5 Å². The summed E-state index contributed by atoms with van der Waals surface area (Å²) in [6, 6.07) is 9.50. The number of rotatable bonds is 6. The first-order valence-electron chi connectivity index (χ1n) is 6.61. The lowest BCUT2D eigenvalue weighted by Gasteiger charge is -2.23. The zero-order valence-corrected chi connectivity index (χ0v) is 13.9. The highest BCUT2D eigenvalue weighted by atomic mass is 35.5. The summed E-state index contributed by atoms with van der Waals surface area (Å²) in [5, 5.41) is 10.6. The topological polar surface area (TPSA) is 38.7 Å². The standard InChI is InChI=1S/C16H19ClO3S/c1-16(18,10-12-5-7-15(17)21-12)9-11-4-6-13(19-2)14(8-11)20-3/h4-8,18H,9-10H2,1-3H3. The number of aliphatic hydroxyl groups is 1. The summed E-state index contributed by atoms with van der Waals surface area (Å²) < 4.78 is 11.3. The first-order chi connectivity index (χ1) is 9.93. The van der Waals surface area contributed by atoms with Crippen LogP contribution in [0.25, 0.3) is 0 Å². The molecular formula is C16H19ClO3S. The lowest BCUT2D eigenvalue weighted by atomic mass is 9.92. The van der Waals surface area contributed by atoms with Crippen LogP contribution in [0.1, 0.15) is 17.4 Å². The Kier molecular flexibility index (Phi) is 5.14. The van der Waals surface area contributed by atoms with E-state index in [0.717, 1.165) is 14.8 Å². The molecule has 0 saturated carbocycles. The van der Waals surface area contributed by atoms with Crippen molar-refractivity contribution in [2.45, 2.75) is 25.4 Å². The number of ether oxygens (including phenoxy) is 2. The predicted octanol–water partition coefficient (Wildman–Crippen LogP) is 3.95. The van der Waals surface area contributed by atoms with Gasteiger partial charge in [-0.05, 0) is 36.8 Å². The first kappa shape index (κ1) is 16.1. The van der Waals surface area contributed by atoms with E-state index in [2.05, 4.69) is 0 Å². The minimum atomic E-state index is -0.840. The van der Waals surface area contributed by atoms with Gasteiger partial charge in [0.05, 0.1) is 24.2 Å². The molecule has 0 aliphatic rings. The van der Waals surface area contributed by atoms with Gasteiger partial charge in [-0.3, -0.25) is 0 Å². The molecule has 1 N–H and O–H groups in total. The summed E-state index contributed by atoms with van der Waals surface area (Å²) in [7, 11) is 3.21. The summed E-state index contributed by atoms with van der Waals surface area (Å²) in [6.45, 7) is 1.83. The molecule has 0 radical (unpaired) electrons. The van der Waals surface area contributed by atoms with E-state index in [1.165, 1.54) is 11.3 Å². The van der Waals surface area contributed by atoms with Crippen molar-refractivity contribution < 1.29 is 14.6 Å². The highest BCUT2D eigenvalue weighted by Crippen LogP contribution is 2.31. The lowest BCUT2D eigenvalue weighted by molar-refractivity contribution is 0.0616. The van der Waals surface area contributed by atoms with E-state index in [1.807, 2.05) is 37.3 Å². The molecule has 114 valence electrons. The number of halogens is 1. The van der Waals surface area contributed by atoms with Crippen molar-refractivity contribution in [1.29, 1.82) is 0 Å². The maximum atomic E-state index is 10.6. The fourth-order valence-corrected chi connectivity index (χ4v) is 3.58. The van der Waals surface area contributed by atoms with E-state index in [9.17, 15) is 5.11 Å². The Balaban J connectivity index is 2.12. The molecule has 1 atom stereocenters. The molecule has 0 fully saturated rings. The maximum absolute atomic E-state index is 10.6. The molecule has 0 amide bonds. The van der Waals surface area contributed by atoms with Crippen LogP contribution in [0.4, 0.5) is 0 Å². The lowest BCUT2D eigenvalue weighted by Crippen LogP contribution is -2.29. The molecule has 0 saturated heterocycles. The van der Waals surface area contributed by atoms with E-state index >= 15 is 0 Å². The van der Waals surface area contributed by atoms with Crippen molar-refractivity contribution in [2.24, 2.45) is 0 Å². The van der Waals surface area contributed by atoms with Crippen molar-refractivity contribution in [2.75, 3.05) is 14.2 Å². The molecule has 0 spiro atoms. The van der Waals surface area contributed by atoms with Crippen molar-refractivity contribution in [1.82, 2.24) is 0 Å². The fourth-order valence-electron chi connectivity index (χ4n) is 2.31. The van der Waals surface area contributed by atoms with E-state index in [-0.39, 0.29) is 0 Å². The minimum Gasteiger partial charge on any atom is -0.493 e.